The van der Waals surface area contributed by atoms with Crippen molar-refractivity contribution in [2.75, 3.05) is 11.9 Å². The molecular formula is C20H23N3O4. The van der Waals surface area contributed by atoms with Gasteiger partial charge in [-0.05, 0) is 49.6 Å². The van der Waals surface area contributed by atoms with Crippen LogP contribution in [0.3, 0.4) is 0 Å². The van der Waals surface area contributed by atoms with E-state index in [1.807, 2.05) is 32.0 Å². The van der Waals surface area contributed by atoms with Crippen molar-refractivity contribution in [3.8, 4) is 0 Å². The Morgan fingerprint density at radius 1 is 0.963 bits per heavy atom. The largest absolute Gasteiger partial charge is 0.478 e. The zero-order valence-corrected chi connectivity index (χ0v) is 15.6. The summed E-state index contributed by atoms with van der Waals surface area (Å²) in [5.41, 5.74) is 3.34. The molecule has 0 aliphatic rings. The Labute approximate surface area is 157 Å². The number of aryl methyl sites for hydroxylation is 2. The molecule has 4 N–H and O–H groups in total. The standard InChI is InChI=1S/C20H23N3O4/c1-4-21-17-14(9-6-10-15(17)19(25)26)18(24)23-20(27)22-11-16-12(2)7-5-8-13(16)3/h5-10,21H,4,11H2,1-3H3,(H,25,26)(H2,22,23,24,27). The van der Waals surface area contributed by atoms with E-state index >= 15 is 0 Å². The van der Waals surface area contributed by atoms with Crippen LogP contribution in [0, 0.1) is 13.8 Å². The number of carbonyl (C=O) groups excluding carboxylic acids is 2. The number of nitrogens with one attached hydrogen (secondary N) is 3. The molecule has 0 atom stereocenters. The average Bonchev–Trinajstić information content (AvgIpc) is 2.61. The second-order valence-electron chi connectivity index (χ2n) is 6.07. The average molecular weight is 369 g/mol. The van der Waals surface area contributed by atoms with Crippen LogP contribution in [0.15, 0.2) is 36.4 Å². The normalized spacial score (nSPS) is 10.2. The van der Waals surface area contributed by atoms with E-state index in [-0.39, 0.29) is 23.4 Å². The van der Waals surface area contributed by atoms with Crippen LogP contribution >= 0.6 is 0 Å². The van der Waals surface area contributed by atoms with E-state index in [2.05, 4.69) is 16.0 Å². The van der Waals surface area contributed by atoms with Gasteiger partial charge in [0.2, 0.25) is 0 Å². The van der Waals surface area contributed by atoms with Crippen molar-refractivity contribution in [3.63, 3.8) is 0 Å². The third-order valence-electron chi connectivity index (χ3n) is 4.19. The third kappa shape index (κ3) is 4.84. The zero-order chi connectivity index (χ0) is 20.0. The maximum atomic E-state index is 12.5. The van der Waals surface area contributed by atoms with E-state index in [1.54, 1.807) is 6.92 Å². The van der Waals surface area contributed by atoms with Gasteiger partial charge in [-0.2, -0.15) is 0 Å². The summed E-state index contributed by atoms with van der Waals surface area (Å²) in [7, 11) is 0. The van der Waals surface area contributed by atoms with Crippen LogP contribution in [0.5, 0.6) is 0 Å². The summed E-state index contributed by atoms with van der Waals surface area (Å²) in [6.45, 7) is 6.41. The summed E-state index contributed by atoms with van der Waals surface area (Å²) in [4.78, 5) is 36.0. The van der Waals surface area contributed by atoms with E-state index in [0.29, 0.717) is 6.54 Å². The molecule has 0 bridgehead atoms. The predicted octanol–water partition coefficient (Wildman–Crippen LogP) is 3.07. The number of hydrogen-bond donors (Lipinski definition) is 4. The van der Waals surface area contributed by atoms with Crippen molar-refractivity contribution < 1.29 is 19.5 Å². The van der Waals surface area contributed by atoms with Gasteiger partial charge >= 0.3 is 12.0 Å². The van der Waals surface area contributed by atoms with Crippen molar-refractivity contribution in [2.45, 2.75) is 27.3 Å². The summed E-state index contributed by atoms with van der Waals surface area (Å²) in [6.07, 6.45) is 0. The van der Waals surface area contributed by atoms with E-state index in [4.69, 9.17) is 0 Å². The molecule has 27 heavy (non-hydrogen) atoms. The number of urea groups is 1. The van der Waals surface area contributed by atoms with Crippen molar-refractivity contribution in [1.82, 2.24) is 10.6 Å². The lowest BCUT2D eigenvalue weighted by Crippen LogP contribution is -2.39. The van der Waals surface area contributed by atoms with Gasteiger partial charge in [0.1, 0.15) is 0 Å². The number of para-hydroxylation sites is 1. The molecule has 2 aromatic rings. The van der Waals surface area contributed by atoms with Crippen LogP contribution in [-0.4, -0.2) is 29.6 Å². The second-order valence-corrected chi connectivity index (χ2v) is 6.07. The number of rotatable bonds is 6. The van der Waals surface area contributed by atoms with Gasteiger partial charge in [0.05, 0.1) is 16.8 Å². The lowest BCUT2D eigenvalue weighted by molar-refractivity contribution is 0.0698. The molecule has 7 nitrogen and oxygen atoms in total. The van der Waals surface area contributed by atoms with E-state index in [9.17, 15) is 19.5 Å². The fourth-order valence-corrected chi connectivity index (χ4v) is 2.80. The number of carbonyl (C=O) groups is 3. The number of amides is 3. The van der Waals surface area contributed by atoms with Crippen molar-refractivity contribution in [2.24, 2.45) is 0 Å². The molecule has 0 saturated heterocycles. The number of imide groups is 1. The molecule has 3 amide bonds. The molecule has 2 aromatic carbocycles. The minimum Gasteiger partial charge on any atom is -0.478 e. The Balaban J connectivity index is 2.12. The van der Waals surface area contributed by atoms with Crippen LogP contribution in [-0.2, 0) is 6.54 Å². The molecule has 0 fully saturated rings. The number of benzene rings is 2. The van der Waals surface area contributed by atoms with Gasteiger partial charge in [-0.1, -0.05) is 24.3 Å². The summed E-state index contributed by atoms with van der Waals surface area (Å²) in [5, 5.41) is 17.1. The first-order valence-electron chi connectivity index (χ1n) is 8.59. The van der Waals surface area contributed by atoms with Crippen LogP contribution in [0.4, 0.5) is 10.5 Å². The fourth-order valence-electron chi connectivity index (χ4n) is 2.80. The van der Waals surface area contributed by atoms with Crippen molar-refractivity contribution >= 4 is 23.6 Å². The minimum atomic E-state index is -1.15. The van der Waals surface area contributed by atoms with Gasteiger partial charge in [-0.3, -0.25) is 10.1 Å². The molecule has 142 valence electrons. The number of aromatic carboxylic acids is 1. The molecular weight excluding hydrogens is 346 g/mol. The molecule has 0 unspecified atom stereocenters. The highest BCUT2D eigenvalue weighted by Crippen LogP contribution is 2.21. The smallest absolute Gasteiger partial charge is 0.337 e. The molecule has 0 radical (unpaired) electrons. The van der Waals surface area contributed by atoms with Gasteiger partial charge in [0.15, 0.2) is 0 Å². The lowest BCUT2D eigenvalue weighted by atomic mass is 10.0. The molecule has 0 aliphatic heterocycles. The first kappa shape index (κ1) is 20.0. The van der Waals surface area contributed by atoms with Gasteiger partial charge in [-0.25, -0.2) is 9.59 Å². The maximum absolute atomic E-state index is 12.5. The number of carboxylic acids is 1. The summed E-state index contributed by atoms with van der Waals surface area (Å²) < 4.78 is 0. The van der Waals surface area contributed by atoms with E-state index in [1.165, 1.54) is 18.2 Å². The van der Waals surface area contributed by atoms with Gasteiger partial charge in [0, 0.05) is 13.1 Å². The van der Waals surface area contributed by atoms with Gasteiger partial charge in [-0.15, -0.1) is 0 Å². The highest BCUT2D eigenvalue weighted by molar-refractivity contribution is 6.10. The number of anilines is 1. The zero-order valence-electron chi connectivity index (χ0n) is 15.6. The molecule has 0 aliphatic carbocycles. The Hall–Kier alpha value is -3.35. The molecule has 0 spiro atoms. The van der Waals surface area contributed by atoms with Crippen molar-refractivity contribution in [1.29, 1.82) is 0 Å². The monoisotopic (exact) mass is 369 g/mol. The quantitative estimate of drug-likeness (QED) is 0.626. The fraction of sp³-hybridized carbons (Fsp3) is 0.250. The highest BCUT2D eigenvalue weighted by atomic mass is 16.4. The van der Waals surface area contributed by atoms with Gasteiger partial charge in [0.25, 0.3) is 5.91 Å². The Bertz CT molecular complexity index is 857. The first-order chi connectivity index (χ1) is 12.8. The topological polar surface area (TPSA) is 108 Å². The predicted molar refractivity (Wildman–Crippen MR) is 103 cm³/mol. The Morgan fingerprint density at radius 3 is 2.15 bits per heavy atom. The molecule has 0 heterocycles. The minimum absolute atomic E-state index is 0.0274. The van der Waals surface area contributed by atoms with Gasteiger partial charge < -0.3 is 15.7 Å². The molecule has 7 heteroatoms. The van der Waals surface area contributed by atoms with Crippen LogP contribution in [0.1, 0.15) is 44.3 Å². The first-order valence-corrected chi connectivity index (χ1v) is 8.59. The summed E-state index contributed by atoms with van der Waals surface area (Å²) in [6, 6.07) is 9.53. The van der Waals surface area contributed by atoms with Crippen LogP contribution < -0.4 is 16.0 Å². The second kappa shape index (κ2) is 8.84. The third-order valence-corrected chi connectivity index (χ3v) is 4.19. The molecule has 0 aromatic heterocycles. The van der Waals surface area contributed by atoms with Crippen LogP contribution in [0.2, 0.25) is 0 Å². The Kier molecular flexibility index (Phi) is 6.54. The molecule has 2 rings (SSSR count). The lowest BCUT2D eigenvalue weighted by Gasteiger charge is -2.14. The highest BCUT2D eigenvalue weighted by Gasteiger charge is 2.19. The summed E-state index contributed by atoms with van der Waals surface area (Å²) in [5.74, 6) is -1.83. The number of carboxylic acid groups (broad SMARTS) is 1. The number of hydrogen-bond acceptors (Lipinski definition) is 4. The van der Waals surface area contributed by atoms with Crippen LogP contribution in [0.25, 0.3) is 0 Å². The van der Waals surface area contributed by atoms with E-state index in [0.717, 1.165) is 16.7 Å². The molecule has 0 saturated carbocycles. The SMILES string of the molecule is CCNc1c(C(=O)O)cccc1C(=O)NC(=O)NCc1c(C)cccc1C. The summed E-state index contributed by atoms with van der Waals surface area (Å²) >= 11 is 0. The Morgan fingerprint density at radius 2 is 1.56 bits per heavy atom. The van der Waals surface area contributed by atoms with Crippen molar-refractivity contribution in [3.05, 3.63) is 64.2 Å². The maximum Gasteiger partial charge on any atom is 0.337 e. The van der Waals surface area contributed by atoms with E-state index < -0.39 is 17.9 Å².